The van der Waals surface area contributed by atoms with E-state index in [1.165, 1.54) is 5.56 Å². The van der Waals surface area contributed by atoms with Crippen molar-refractivity contribution in [1.82, 2.24) is 9.55 Å². The molecule has 0 bridgehead atoms. The van der Waals surface area contributed by atoms with Crippen LogP contribution in [0, 0.1) is 0 Å². The van der Waals surface area contributed by atoms with Gasteiger partial charge < -0.3 is 4.57 Å². The lowest BCUT2D eigenvalue weighted by Crippen LogP contribution is -2.09. The molecular weight excluding hydrogens is 279 g/mol. The molecule has 19 heavy (non-hydrogen) atoms. The minimum absolute atomic E-state index is 0.350. The zero-order valence-electron chi connectivity index (χ0n) is 11.2. The third-order valence-corrected chi connectivity index (χ3v) is 3.64. The summed E-state index contributed by atoms with van der Waals surface area (Å²) in [5.41, 5.74) is 3.18. The average molecular weight is 297 g/mol. The predicted molar refractivity (Wildman–Crippen MR) is 81.0 cm³/mol. The van der Waals surface area contributed by atoms with Gasteiger partial charge in [-0.2, -0.15) is 0 Å². The third-order valence-electron chi connectivity index (χ3n) is 3.14. The Morgan fingerprint density at radius 2 is 1.79 bits per heavy atom. The van der Waals surface area contributed by atoms with Crippen LogP contribution in [0.15, 0.2) is 30.3 Å². The van der Waals surface area contributed by atoms with Crippen LogP contribution in [0.2, 0.25) is 0 Å². The second-order valence-electron chi connectivity index (χ2n) is 4.86. The topological polar surface area (TPSA) is 17.8 Å². The fourth-order valence-electron chi connectivity index (χ4n) is 2.20. The molecule has 0 aliphatic carbocycles. The van der Waals surface area contributed by atoms with Gasteiger partial charge in [0.25, 0.3) is 0 Å². The van der Waals surface area contributed by atoms with Crippen molar-refractivity contribution in [1.29, 1.82) is 0 Å². The molecule has 2 nitrogen and oxygen atoms in total. The summed E-state index contributed by atoms with van der Waals surface area (Å²) in [5.74, 6) is 2.25. The molecule has 1 aromatic heterocycles. The number of aromatic nitrogens is 2. The van der Waals surface area contributed by atoms with E-state index in [1.54, 1.807) is 0 Å². The summed E-state index contributed by atoms with van der Waals surface area (Å²) >= 11 is 12.1. The molecular formula is C15H18Cl2N2. The van der Waals surface area contributed by atoms with Gasteiger partial charge in [0.15, 0.2) is 0 Å². The molecule has 0 atom stereocenters. The SMILES string of the molecule is CC(C)c1nc(CCl)c(CCl)n1Cc1ccccc1. The highest BCUT2D eigenvalue weighted by atomic mass is 35.5. The van der Waals surface area contributed by atoms with Gasteiger partial charge in [0, 0.05) is 12.5 Å². The largest absolute Gasteiger partial charge is 0.326 e. The molecule has 0 N–H and O–H groups in total. The van der Waals surface area contributed by atoms with E-state index in [2.05, 4.69) is 35.5 Å². The number of halogens is 2. The van der Waals surface area contributed by atoms with Crippen LogP contribution in [0.1, 0.15) is 42.5 Å². The van der Waals surface area contributed by atoms with Crippen molar-refractivity contribution >= 4 is 23.2 Å². The molecule has 0 fully saturated rings. The molecule has 0 unspecified atom stereocenters. The van der Waals surface area contributed by atoms with E-state index in [9.17, 15) is 0 Å². The Morgan fingerprint density at radius 1 is 1.11 bits per heavy atom. The summed E-state index contributed by atoms with van der Waals surface area (Å²) in [7, 11) is 0. The third kappa shape index (κ3) is 3.13. The van der Waals surface area contributed by atoms with Gasteiger partial charge in [-0.05, 0) is 5.56 Å². The summed E-state index contributed by atoms with van der Waals surface area (Å²) in [6, 6.07) is 10.3. The first-order valence-corrected chi connectivity index (χ1v) is 7.48. The summed E-state index contributed by atoms with van der Waals surface area (Å²) < 4.78 is 2.20. The second-order valence-corrected chi connectivity index (χ2v) is 5.39. The quantitative estimate of drug-likeness (QED) is 0.741. The molecule has 0 saturated carbocycles. The fourth-order valence-corrected chi connectivity index (χ4v) is 2.71. The van der Waals surface area contributed by atoms with E-state index in [4.69, 9.17) is 23.2 Å². The lowest BCUT2D eigenvalue weighted by atomic mass is 10.2. The number of nitrogens with zero attached hydrogens (tertiary/aromatic N) is 2. The van der Waals surface area contributed by atoms with E-state index < -0.39 is 0 Å². The number of imidazole rings is 1. The van der Waals surface area contributed by atoms with E-state index in [1.807, 2.05) is 18.2 Å². The Kier molecular flexibility index (Phi) is 4.89. The smallest absolute Gasteiger partial charge is 0.112 e. The van der Waals surface area contributed by atoms with Crippen molar-refractivity contribution < 1.29 is 0 Å². The molecule has 102 valence electrons. The van der Waals surface area contributed by atoms with Gasteiger partial charge in [0.1, 0.15) is 5.82 Å². The van der Waals surface area contributed by atoms with E-state index in [0.717, 1.165) is 23.8 Å². The Bertz CT molecular complexity index is 533. The Morgan fingerprint density at radius 3 is 2.32 bits per heavy atom. The van der Waals surface area contributed by atoms with Crippen molar-refractivity contribution in [3.8, 4) is 0 Å². The Balaban J connectivity index is 2.44. The maximum atomic E-state index is 6.08. The van der Waals surface area contributed by atoms with Crippen molar-refractivity contribution in [3.63, 3.8) is 0 Å². The maximum Gasteiger partial charge on any atom is 0.112 e. The number of benzene rings is 1. The van der Waals surface area contributed by atoms with Crippen molar-refractivity contribution in [3.05, 3.63) is 53.1 Å². The summed E-state index contributed by atoms with van der Waals surface area (Å²) in [6.45, 7) is 5.07. The van der Waals surface area contributed by atoms with Gasteiger partial charge in [-0.25, -0.2) is 4.98 Å². The van der Waals surface area contributed by atoms with E-state index in [-0.39, 0.29) is 0 Å². The van der Waals surface area contributed by atoms with Gasteiger partial charge in [-0.15, -0.1) is 23.2 Å². The second kappa shape index (κ2) is 6.44. The van der Waals surface area contributed by atoms with Crippen molar-refractivity contribution in [2.75, 3.05) is 0 Å². The predicted octanol–water partition coefficient (Wildman–Crippen LogP) is 4.53. The monoisotopic (exact) mass is 296 g/mol. The molecule has 0 amide bonds. The van der Waals surface area contributed by atoms with Crippen LogP contribution in [-0.4, -0.2) is 9.55 Å². The summed E-state index contributed by atoms with van der Waals surface area (Å²) in [5, 5.41) is 0. The van der Waals surface area contributed by atoms with Gasteiger partial charge in [0.2, 0.25) is 0 Å². The molecule has 1 heterocycles. The van der Waals surface area contributed by atoms with E-state index >= 15 is 0 Å². The highest BCUT2D eigenvalue weighted by Gasteiger charge is 2.17. The van der Waals surface area contributed by atoms with Crippen LogP contribution in [0.4, 0.5) is 0 Å². The zero-order valence-corrected chi connectivity index (χ0v) is 12.7. The molecule has 2 aromatic rings. The Labute approximate surface area is 124 Å². The number of alkyl halides is 2. The summed E-state index contributed by atoms with van der Waals surface area (Å²) in [6.07, 6.45) is 0. The lowest BCUT2D eigenvalue weighted by molar-refractivity contribution is 0.655. The molecule has 1 aromatic carbocycles. The van der Waals surface area contributed by atoms with Crippen LogP contribution in [0.25, 0.3) is 0 Å². The molecule has 2 rings (SSSR count). The zero-order chi connectivity index (χ0) is 13.8. The first-order valence-electron chi connectivity index (χ1n) is 6.41. The minimum Gasteiger partial charge on any atom is -0.326 e. The van der Waals surface area contributed by atoms with Crippen LogP contribution in [0.5, 0.6) is 0 Å². The molecule has 4 heteroatoms. The van der Waals surface area contributed by atoms with Gasteiger partial charge in [0.05, 0.1) is 23.1 Å². The van der Waals surface area contributed by atoms with Crippen molar-refractivity contribution in [2.24, 2.45) is 0 Å². The van der Waals surface area contributed by atoms with E-state index in [0.29, 0.717) is 17.7 Å². The number of hydrogen-bond donors (Lipinski definition) is 0. The minimum atomic E-state index is 0.350. The maximum absolute atomic E-state index is 6.08. The van der Waals surface area contributed by atoms with Gasteiger partial charge >= 0.3 is 0 Å². The Hall–Kier alpha value is -0.990. The molecule has 0 aliphatic heterocycles. The van der Waals surface area contributed by atoms with Crippen LogP contribution in [0.3, 0.4) is 0 Å². The molecule has 0 radical (unpaired) electrons. The van der Waals surface area contributed by atoms with Crippen molar-refractivity contribution in [2.45, 2.75) is 38.1 Å². The first kappa shape index (κ1) is 14.4. The van der Waals surface area contributed by atoms with Crippen LogP contribution < -0.4 is 0 Å². The molecule has 0 spiro atoms. The number of hydrogen-bond acceptors (Lipinski definition) is 1. The molecule has 0 aliphatic rings. The van der Waals surface area contributed by atoms with Crippen LogP contribution in [-0.2, 0) is 18.3 Å². The standard InChI is InChI=1S/C15H18Cl2N2/c1-11(2)15-18-13(8-16)14(9-17)19(15)10-12-6-4-3-5-7-12/h3-7,11H,8-10H2,1-2H3. The van der Waals surface area contributed by atoms with Gasteiger partial charge in [-0.1, -0.05) is 44.2 Å². The summed E-state index contributed by atoms with van der Waals surface area (Å²) in [4.78, 5) is 4.64. The normalized spacial score (nSPS) is 11.2. The molecule has 0 saturated heterocycles. The highest BCUT2D eigenvalue weighted by Crippen LogP contribution is 2.23. The lowest BCUT2D eigenvalue weighted by Gasteiger charge is -2.13. The highest BCUT2D eigenvalue weighted by molar-refractivity contribution is 6.18. The number of rotatable bonds is 5. The average Bonchev–Trinajstić information content (AvgIpc) is 2.77. The van der Waals surface area contributed by atoms with Gasteiger partial charge in [-0.3, -0.25) is 0 Å². The van der Waals surface area contributed by atoms with Crippen LogP contribution >= 0.6 is 23.2 Å². The first-order chi connectivity index (χ1) is 9.17. The fraction of sp³-hybridized carbons (Fsp3) is 0.400.